The van der Waals surface area contributed by atoms with Crippen LogP contribution in [0.4, 0.5) is 4.79 Å². The van der Waals surface area contributed by atoms with Crippen molar-refractivity contribution < 1.29 is 14.6 Å². The fraction of sp³-hybridized carbons (Fsp3) is 0.350. The van der Waals surface area contributed by atoms with Crippen LogP contribution in [0.3, 0.4) is 0 Å². The van der Waals surface area contributed by atoms with Crippen LogP contribution in [0, 0.1) is 5.92 Å². The number of carbonyl (C=O) groups is 1. The molecule has 0 aromatic heterocycles. The second-order valence-corrected chi connectivity index (χ2v) is 6.19. The van der Waals surface area contributed by atoms with Crippen LogP contribution in [-0.4, -0.2) is 36.4 Å². The summed E-state index contributed by atoms with van der Waals surface area (Å²) in [6, 6.07) is 18.1. The molecule has 4 nitrogen and oxygen atoms in total. The van der Waals surface area contributed by atoms with Gasteiger partial charge in [0.2, 0.25) is 0 Å². The van der Waals surface area contributed by atoms with Gasteiger partial charge in [-0.15, -0.1) is 0 Å². The summed E-state index contributed by atoms with van der Waals surface area (Å²) in [6.07, 6.45) is 1.19. The molecule has 1 heterocycles. The molecule has 126 valence electrons. The first-order valence-corrected chi connectivity index (χ1v) is 8.31. The summed E-state index contributed by atoms with van der Waals surface area (Å²) in [7, 11) is 1.41. The van der Waals surface area contributed by atoms with Crippen molar-refractivity contribution in [3.05, 3.63) is 71.3 Å². The third-order valence-corrected chi connectivity index (χ3v) is 4.76. The molecule has 2 aromatic rings. The summed E-state index contributed by atoms with van der Waals surface area (Å²) in [5.74, 6) is -0.0760. The maximum Gasteiger partial charge on any atom is 0.410 e. The van der Waals surface area contributed by atoms with E-state index < -0.39 is 0 Å². The van der Waals surface area contributed by atoms with Crippen LogP contribution in [-0.2, 0) is 17.6 Å². The van der Waals surface area contributed by atoms with E-state index in [2.05, 4.69) is 24.3 Å². The standard InChI is InChI=1S/C20H23NO3/c1-24-20(23)21-12-11-16-9-5-6-10-18(16)19(21)17(14-22)13-15-7-3-2-4-8-15/h2-10,17,19,22H,11-14H2,1H3/t17-,19-/m0/s1. The Labute approximate surface area is 142 Å². The van der Waals surface area contributed by atoms with Crippen molar-refractivity contribution >= 4 is 6.09 Å². The average molecular weight is 325 g/mol. The van der Waals surface area contributed by atoms with Gasteiger partial charge in [-0.1, -0.05) is 54.6 Å². The van der Waals surface area contributed by atoms with E-state index >= 15 is 0 Å². The molecular formula is C20H23NO3. The molecule has 0 fully saturated rings. The van der Waals surface area contributed by atoms with Crippen LogP contribution in [0.25, 0.3) is 0 Å². The largest absolute Gasteiger partial charge is 0.453 e. The first-order valence-electron chi connectivity index (χ1n) is 8.31. The monoisotopic (exact) mass is 325 g/mol. The van der Waals surface area contributed by atoms with Crippen LogP contribution in [0.2, 0.25) is 0 Å². The highest BCUT2D eigenvalue weighted by Crippen LogP contribution is 2.37. The molecule has 4 heteroatoms. The first kappa shape index (κ1) is 16.5. The second-order valence-electron chi connectivity index (χ2n) is 6.19. The van der Waals surface area contributed by atoms with Crippen LogP contribution in [0.5, 0.6) is 0 Å². The minimum Gasteiger partial charge on any atom is -0.453 e. The smallest absolute Gasteiger partial charge is 0.410 e. The van der Waals surface area contributed by atoms with Gasteiger partial charge in [-0.05, 0) is 29.5 Å². The highest BCUT2D eigenvalue weighted by atomic mass is 16.5. The summed E-state index contributed by atoms with van der Waals surface area (Å²) in [4.78, 5) is 14.0. The molecule has 2 aromatic carbocycles. The molecule has 0 aliphatic carbocycles. The van der Waals surface area contributed by atoms with Gasteiger partial charge >= 0.3 is 6.09 Å². The number of hydrogen-bond acceptors (Lipinski definition) is 3. The van der Waals surface area contributed by atoms with Crippen molar-refractivity contribution in [1.29, 1.82) is 0 Å². The van der Waals surface area contributed by atoms with Gasteiger partial charge in [0.25, 0.3) is 0 Å². The predicted molar refractivity (Wildman–Crippen MR) is 92.7 cm³/mol. The summed E-state index contributed by atoms with van der Waals surface area (Å²) >= 11 is 0. The Morgan fingerprint density at radius 3 is 2.62 bits per heavy atom. The number of aliphatic hydroxyl groups excluding tert-OH is 1. The van der Waals surface area contributed by atoms with Gasteiger partial charge in [-0.3, -0.25) is 0 Å². The average Bonchev–Trinajstić information content (AvgIpc) is 2.65. The van der Waals surface area contributed by atoms with Gasteiger partial charge in [0.15, 0.2) is 0 Å². The molecule has 0 unspecified atom stereocenters. The third kappa shape index (κ3) is 3.29. The molecule has 0 bridgehead atoms. The number of carbonyl (C=O) groups excluding carboxylic acids is 1. The zero-order valence-corrected chi connectivity index (χ0v) is 13.9. The molecule has 24 heavy (non-hydrogen) atoms. The van der Waals surface area contributed by atoms with Gasteiger partial charge in [0, 0.05) is 19.1 Å². The number of methoxy groups -OCH3 is 1. The Morgan fingerprint density at radius 2 is 1.92 bits per heavy atom. The second kappa shape index (κ2) is 7.49. The molecular weight excluding hydrogens is 302 g/mol. The molecule has 1 N–H and O–H groups in total. The van der Waals surface area contributed by atoms with Gasteiger partial charge in [-0.2, -0.15) is 0 Å². The molecule has 3 rings (SSSR count). The molecule has 1 aliphatic rings. The fourth-order valence-corrected chi connectivity index (χ4v) is 3.62. The minimum absolute atomic E-state index is 0.0153. The van der Waals surface area contributed by atoms with Crippen molar-refractivity contribution in [3.8, 4) is 0 Å². The Bertz CT molecular complexity index is 686. The lowest BCUT2D eigenvalue weighted by molar-refractivity contribution is 0.0658. The molecule has 2 atom stereocenters. The molecule has 1 aliphatic heterocycles. The molecule has 0 radical (unpaired) electrons. The predicted octanol–water partition coefficient (Wildman–Crippen LogP) is 3.20. The summed E-state index contributed by atoms with van der Waals surface area (Å²) < 4.78 is 4.99. The van der Waals surface area contributed by atoms with E-state index in [1.807, 2.05) is 30.3 Å². The van der Waals surface area contributed by atoms with Crippen LogP contribution < -0.4 is 0 Å². The number of hydrogen-bond donors (Lipinski definition) is 1. The van der Waals surface area contributed by atoms with Crippen molar-refractivity contribution in [1.82, 2.24) is 4.90 Å². The molecule has 0 spiro atoms. The van der Waals surface area contributed by atoms with E-state index in [0.717, 1.165) is 17.5 Å². The number of benzene rings is 2. The number of aliphatic hydroxyl groups is 1. The minimum atomic E-state index is -0.332. The van der Waals surface area contributed by atoms with Crippen molar-refractivity contribution in [2.75, 3.05) is 20.3 Å². The maximum absolute atomic E-state index is 12.3. The lowest BCUT2D eigenvalue weighted by atomic mass is 9.82. The number of nitrogens with zero attached hydrogens (tertiary/aromatic N) is 1. The van der Waals surface area contributed by atoms with Crippen LogP contribution in [0.15, 0.2) is 54.6 Å². The van der Waals surface area contributed by atoms with Crippen LogP contribution >= 0.6 is 0 Å². The maximum atomic E-state index is 12.3. The highest BCUT2D eigenvalue weighted by Gasteiger charge is 2.36. The van der Waals surface area contributed by atoms with Crippen molar-refractivity contribution in [3.63, 3.8) is 0 Å². The van der Waals surface area contributed by atoms with E-state index in [0.29, 0.717) is 13.0 Å². The van der Waals surface area contributed by atoms with Gasteiger partial charge in [-0.25, -0.2) is 4.79 Å². The van der Waals surface area contributed by atoms with E-state index in [1.165, 1.54) is 12.7 Å². The molecule has 1 amide bonds. The van der Waals surface area contributed by atoms with Gasteiger partial charge < -0.3 is 14.7 Å². The number of ether oxygens (including phenoxy) is 1. The van der Waals surface area contributed by atoms with Crippen LogP contribution in [0.1, 0.15) is 22.7 Å². The van der Waals surface area contributed by atoms with Crippen molar-refractivity contribution in [2.45, 2.75) is 18.9 Å². The third-order valence-electron chi connectivity index (χ3n) is 4.76. The van der Waals surface area contributed by atoms with E-state index in [9.17, 15) is 9.90 Å². The Balaban J connectivity index is 1.96. The topological polar surface area (TPSA) is 49.8 Å². The Hall–Kier alpha value is -2.33. The zero-order chi connectivity index (χ0) is 16.9. The van der Waals surface area contributed by atoms with Crippen molar-refractivity contribution in [2.24, 2.45) is 5.92 Å². The van der Waals surface area contributed by atoms with Gasteiger partial charge in [0.05, 0.1) is 13.2 Å². The number of rotatable bonds is 4. The van der Waals surface area contributed by atoms with Gasteiger partial charge in [0.1, 0.15) is 0 Å². The number of fused-ring (bicyclic) bond motifs is 1. The normalized spacial score (nSPS) is 17.9. The quantitative estimate of drug-likeness (QED) is 0.939. The fourth-order valence-electron chi connectivity index (χ4n) is 3.62. The van der Waals surface area contributed by atoms with E-state index in [1.54, 1.807) is 4.90 Å². The summed E-state index contributed by atoms with van der Waals surface area (Å²) in [5.41, 5.74) is 3.52. The summed E-state index contributed by atoms with van der Waals surface area (Å²) in [6.45, 7) is 0.626. The number of amides is 1. The van der Waals surface area contributed by atoms with E-state index in [4.69, 9.17) is 4.74 Å². The molecule has 0 saturated carbocycles. The highest BCUT2D eigenvalue weighted by molar-refractivity contribution is 5.69. The summed E-state index contributed by atoms with van der Waals surface area (Å²) in [5, 5.41) is 10.1. The SMILES string of the molecule is COC(=O)N1CCc2ccccc2[C@@H]1[C@H](CO)Cc1ccccc1. The zero-order valence-electron chi connectivity index (χ0n) is 13.9. The van der Waals surface area contributed by atoms with E-state index in [-0.39, 0.29) is 24.7 Å². The lowest BCUT2D eigenvalue weighted by Gasteiger charge is -2.40. The first-order chi connectivity index (χ1) is 11.7. The molecule has 0 saturated heterocycles. The lowest BCUT2D eigenvalue weighted by Crippen LogP contribution is -2.44. The Kier molecular flexibility index (Phi) is 5.16. The Morgan fingerprint density at radius 1 is 1.21 bits per heavy atom.